The molecule has 0 aromatic carbocycles. The van der Waals surface area contributed by atoms with Crippen LogP contribution in [0.1, 0.15) is 10.5 Å². The summed E-state index contributed by atoms with van der Waals surface area (Å²) in [6.07, 6.45) is 1.50. The molecule has 2 fully saturated rings. The molecule has 0 bridgehead atoms. The molecule has 0 unspecified atom stereocenters. The number of hydrogen-bond donors (Lipinski definition) is 1. The van der Waals surface area contributed by atoms with Gasteiger partial charge in [0.05, 0.1) is 19.1 Å². The monoisotopic (exact) mass is 291 g/mol. The zero-order valence-corrected chi connectivity index (χ0v) is 11.6. The summed E-state index contributed by atoms with van der Waals surface area (Å²) in [4.78, 5) is 30.8. The van der Waals surface area contributed by atoms with Crippen LogP contribution in [0.25, 0.3) is 0 Å². The third-order valence-electron chi connectivity index (χ3n) is 3.91. The van der Waals surface area contributed by atoms with Crippen molar-refractivity contribution in [1.82, 2.24) is 9.88 Å². The largest absolute Gasteiger partial charge is 0.477 e. The van der Waals surface area contributed by atoms with Gasteiger partial charge in [0, 0.05) is 38.1 Å². The maximum absolute atomic E-state index is 12.1. The summed E-state index contributed by atoms with van der Waals surface area (Å²) in [6.45, 7) is 3.77. The quantitative estimate of drug-likeness (QED) is 0.849. The molecule has 3 heterocycles. The Morgan fingerprint density at radius 2 is 1.95 bits per heavy atom. The van der Waals surface area contributed by atoms with Gasteiger partial charge >= 0.3 is 5.97 Å². The van der Waals surface area contributed by atoms with E-state index < -0.39 is 5.97 Å². The molecule has 1 N–H and O–H groups in total. The van der Waals surface area contributed by atoms with Crippen LogP contribution in [0.15, 0.2) is 18.3 Å². The van der Waals surface area contributed by atoms with Crippen molar-refractivity contribution in [2.75, 3.05) is 44.3 Å². The molecule has 0 atom stereocenters. The van der Waals surface area contributed by atoms with Crippen molar-refractivity contribution >= 4 is 17.6 Å². The fourth-order valence-corrected chi connectivity index (χ4v) is 2.55. The van der Waals surface area contributed by atoms with Gasteiger partial charge < -0.3 is 19.6 Å². The first-order valence-electron chi connectivity index (χ1n) is 6.96. The van der Waals surface area contributed by atoms with E-state index in [1.54, 1.807) is 12.1 Å². The van der Waals surface area contributed by atoms with Crippen LogP contribution in [0.3, 0.4) is 0 Å². The average molecular weight is 291 g/mol. The number of hydrogen-bond acceptors (Lipinski definition) is 5. The van der Waals surface area contributed by atoms with Gasteiger partial charge in [0.25, 0.3) is 0 Å². The molecule has 7 heteroatoms. The lowest BCUT2D eigenvalue weighted by atomic mass is 10.1. The molecule has 7 nitrogen and oxygen atoms in total. The van der Waals surface area contributed by atoms with Gasteiger partial charge in [0.2, 0.25) is 5.91 Å². The standard InChI is InChI=1S/C14H17N3O4/c18-13(10-8-21-9-10)17-5-3-16(4-6-17)11-1-2-15-12(7-11)14(19)20/h1-2,7,10H,3-6,8-9H2,(H,19,20). The summed E-state index contributed by atoms with van der Waals surface area (Å²) in [5, 5.41) is 8.97. The normalized spacial score (nSPS) is 19.2. The minimum Gasteiger partial charge on any atom is -0.477 e. The molecular formula is C14H17N3O4. The van der Waals surface area contributed by atoms with Crippen molar-refractivity contribution < 1.29 is 19.4 Å². The van der Waals surface area contributed by atoms with Crippen molar-refractivity contribution in [3.8, 4) is 0 Å². The van der Waals surface area contributed by atoms with Gasteiger partial charge in [-0.1, -0.05) is 0 Å². The lowest BCUT2D eigenvalue weighted by molar-refractivity contribution is -0.150. The second kappa shape index (κ2) is 5.69. The zero-order chi connectivity index (χ0) is 14.8. The minimum atomic E-state index is -1.03. The third-order valence-corrected chi connectivity index (χ3v) is 3.91. The van der Waals surface area contributed by atoms with E-state index in [1.807, 2.05) is 4.90 Å². The fourth-order valence-electron chi connectivity index (χ4n) is 2.55. The summed E-state index contributed by atoms with van der Waals surface area (Å²) in [5.74, 6) is -0.839. The summed E-state index contributed by atoms with van der Waals surface area (Å²) >= 11 is 0. The Bertz CT molecular complexity index is 551. The molecule has 1 aromatic rings. The van der Waals surface area contributed by atoms with Gasteiger partial charge in [-0.25, -0.2) is 9.78 Å². The molecular weight excluding hydrogens is 274 g/mol. The van der Waals surface area contributed by atoms with Crippen LogP contribution in [0.2, 0.25) is 0 Å². The van der Waals surface area contributed by atoms with Crippen LogP contribution in [0, 0.1) is 5.92 Å². The molecule has 21 heavy (non-hydrogen) atoms. The first kappa shape index (κ1) is 13.8. The molecule has 112 valence electrons. The van der Waals surface area contributed by atoms with Gasteiger partial charge in [-0.3, -0.25) is 4.79 Å². The van der Waals surface area contributed by atoms with E-state index in [4.69, 9.17) is 9.84 Å². The molecule has 0 aliphatic carbocycles. The molecule has 3 rings (SSSR count). The predicted octanol–water partition coefficient (Wildman–Crippen LogP) is 0.0748. The summed E-state index contributed by atoms with van der Waals surface area (Å²) in [7, 11) is 0. The number of ether oxygens (including phenoxy) is 1. The van der Waals surface area contributed by atoms with Gasteiger partial charge in [0.15, 0.2) is 0 Å². The lowest BCUT2D eigenvalue weighted by Gasteiger charge is -2.39. The highest BCUT2D eigenvalue weighted by Crippen LogP contribution is 2.19. The van der Waals surface area contributed by atoms with Crippen molar-refractivity contribution in [3.05, 3.63) is 24.0 Å². The number of aromatic carboxylic acids is 1. The second-order valence-electron chi connectivity index (χ2n) is 5.25. The highest BCUT2D eigenvalue weighted by Gasteiger charge is 2.32. The third kappa shape index (κ3) is 2.82. The Morgan fingerprint density at radius 3 is 2.52 bits per heavy atom. The first-order chi connectivity index (χ1) is 10.1. The Balaban J connectivity index is 1.61. The molecule has 2 saturated heterocycles. The Labute approximate surface area is 122 Å². The molecule has 0 radical (unpaired) electrons. The number of carboxylic acid groups (broad SMARTS) is 1. The summed E-state index contributed by atoms with van der Waals surface area (Å²) in [5.41, 5.74) is 0.874. The number of pyridine rings is 1. The number of anilines is 1. The molecule has 1 aromatic heterocycles. The van der Waals surface area contributed by atoms with Crippen LogP contribution in [-0.2, 0) is 9.53 Å². The van der Waals surface area contributed by atoms with E-state index in [9.17, 15) is 9.59 Å². The SMILES string of the molecule is O=C(O)c1cc(N2CCN(C(=O)C3COC3)CC2)ccn1. The maximum atomic E-state index is 12.1. The zero-order valence-electron chi connectivity index (χ0n) is 11.6. The highest BCUT2D eigenvalue weighted by molar-refractivity contribution is 5.86. The average Bonchev–Trinajstić information content (AvgIpc) is 2.46. The first-order valence-corrected chi connectivity index (χ1v) is 6.96. The molecule has 1 amide bonds. The van der Waals surface area contributed by atoms with E-state index in [-0.39, 0.29) is 17.5 Å². The Morgan fingerprint density at radius 1 is 1.24 bits per heavy atom. The van der Waals surface area contributed by atoms with Gasteiger partial charge in [0.1, 0.15) is 5.69 Å². The van der Waals surface area contributed by atoms with Crippen LogP contribution < -0.4 is 4.90 Å². The van der Waals surface area contributed by atoms with E-state index in [1.165, 1.54) is 6.20 Å². The summed E-state index contributed by atoms with van der Waals surface area (Å²) < 4.78 is 5.05. The van der Waals surface area contributed by atoms with E-state index in [0.29, 0.717) is 39.4 Å². The van der Waals surface area contributed by atoms with Gasteiger partial charge in [-0.2, -0.15) is 0 Å². The lowest BCUT2D eigenvalue weighted by Crippen LogP contribution is -2.53. The minimum absolute atomic E-state index is 0.0242. The van der Waals surface area contributed by atoms with Crippen LogP contribution in [0.4, 0.5) is 5.69 Å². The van der Waals surface area contributed by atoms with Crippen LogP contribution >= 0.6 is 0 Å². The highest BCUT2D eigenvalue weighted by atomic mass is 16.5. The molecule has 2 aliphatic rings. The van der Waals surface area contributed by atoms with Crippen LogP contribution in [-0.4, -0.2) is 66.3 Å². The number of nitrogens with zero attached hydrogens (tertiary/aromatic N) is 3. The number of carbonyl (C=O) groups excluding carboxylic acids is 1. The van der Waals surface area contributed by atoms with Crippen molar-refractivity contribution in [2.24, 2.45) is 5.92 Å². The molecule has 0 saturated carbocycles. The van der Waals surface area contributed by atoms with Crippen molar-refractivity contribution in [1.29, 1.82) is 0 Å². The van der Waals surface area contributed by atoms with Crippen molar-refractivity contribution in [3.63, 3.8) is 0 Å². The van der Waals surface area contributed by atoms with E-state index in [2.05, 4.69) is 9.88 Å². The van der Waals surface area contributed by atoms with E-state index >= 15 is 0 Å². The molecule has 0 spiro atoms. The topological polar surface area (TPSA) is 83.0 Å². The Hall–Kier alpha value is -2.15. The smallest absolute Gasteiger partial charge is 0.354 e. The number of carbonyl (C=O) groups is 2. The van der Waals surface area contributed by atoms with Gasteiger partial charge in [-0.15, -0.1) is 0 Å². The predicted molar refractivity (Wildman–Crippen MR) is 74.3 cm³/mol. The van der Waals surface area contributed by atoms with E-state index in [0.717, 1.165) is 5.69 Å². The number of amides is 1. The number of piperazine rings is 1. The molecule has 2 aliphatic heterocycles. The number of carboxylic acids is 1. The van der Waals surface area contributed by atoms with Gasteiger partial charge in [-0.05, 0) is 12.1 Å². The number of rotatable bonds is 3. The number of aromatic nitrogens is 1. The van der Waals surface area contributed by atoms with Crippen molar-refractivity contribution in [2.45, 2.75) is 0 Å². The van der Waals surface area contributed by atoms with Crippen LogP contribution in [0.5, 0.6) is 0 Å². The maximum Gasteiger partial charge on any atom is 0.354 e. The fraction of sp³-hybridized carbons (Fsp3) is 0.500. The summed E-state index contributed by atoms with van der Waals surface area (Å²) in [6, 6.07) is 3.36. The second-order valence-corrected chi connectivity index (χ2v) is 5.25. The Kier molecular flexibility index (Phi) is 3.74.